The molecule has 20 heavy (non-hydrogen) atoms. The summed E-state index contributed by atoms with van der Waals surface area (Å²) in [5.41, 5.74) is 9.51. The molecule has 0 amide bonds. The summed E-state index contributed by atoms with van der Waals surface area (Å²) in [7, 11) is 0. The third-order valence-electron chi connectivity index (χ3n) is 3.17. The Morgan fingerprint density at radius 2 is 2.20 bits per heavy atom. The van der Waals surface area contributed by atoms with Crippen molar-refractivity contribution in [2.24, 2.45) is 0 Å². The summed E-state index contributed by atoms with van der Waals surface area (Å²) in [5, 5.41) is 4.12. The van der Waals surface area contributed by atoms with Crippen molar-refractivity contribution in [3.05, 3.63) is 30.9 Å². The molecule has 3 aromatic heterocycles. The highest BCUT2D eigenvalue weighted by atomic mass is 15.4. The Labute approximate surface area is 115 Å². The van der Waals surface area contributed by atoms with E-state index in [9.17, 15) is 0 Å². The second kappa shape index (κ2) is 4.44. The summed E-state index contributed by atoms with van der Waals surface area (Å²) >= 11 is 0. The first-order valence-corrected chi connectivity index (χ1v) is 6.29. The van der Waals surface area contributed by atoms with E-state index in [-0.39, 0.29) is 0 Å². The lowest BCUT2D eigenvalue weighted by molar-refractivity contribution is 0.705. The van der Waals surface area contributed by atoms with E-state index in [1.165, 1.54) is 11.0 Å². The zero-order valence-corrected chi connectivity index (χ0v) is 11.4. The molecule has 102 valence electrons. The van der Waals surface area contributed by atoms with E-state index < -0.39 is 0 Å². The zero-order valence-electron chi connectivity index (χ0n) is 11.4. The van der Waals surface area contributed by atoms with Crippen molar-refractivity contribution in [3.63, 3.8) is 0 Å². The molecule has 7 heteroatoms. The molecule has 0 saturated carbocycles. The van der Waals surface area contributed by atoms with Gasteiger partial charge in [0.15, 0.2) is 0 Å². The van der Waals surface area contributed by atoms with Crippen molar-refractivity contribution >= 4 is 22.6 Å². The molecule has 2 N–H and O–H groups in total. The van der Waals surface area contributed by atoms with E-state index in [4.69, 9.17) is 5.73 Å². The number of hydrogen-bond donors (Lipinski definition) is 1. The van der Waals surface area contributed by atoms with Crippen LogP contribution in [0.3, 0.4) is 0 Å². The second-order valence-electron chi connectivity index (χ2n) is 4.52. The van der Waals surface area contributed by atoms with Crippen molar-refractivity contribution in [1.82, 2.24) is 29.3 Å². The minimum atomic E-state index is 0.305. The minimum Gasteiger partial charge on any atom is -0.368 e. The number of aryl methyl sites for hydroxylation is 1. The Kier molecular flexibility index (Phi) is 2.74. The average molecular weight is 269 g/mol. The molecule has 0 saturated heterocycles. The Bertz CT molecular complexity index is 796. The van der Waals surface area contributed by atoms with Gasteiger partial charge in [-0.15, -0.1) is 0 Å². The van der Waals surface area contributed by atoms with Crippen molar-refractivity contribution in [2.75, 3.05) is 5.73 Å². The highest BCUT2D eigenvalue weighted by molar-refractivity contribution is 5.88. The molecule has 3 aromatic rings. The number of fused-ring (bicyclic) bond motifs is 1. The van der Waals surface area contributed by atoms with Crippen LogP contribution in [-0.2, 0) is 6.54 Å². The maximum atomic E-state index is 5.82. The quantitative estimate of drug-likeness (QED) is 0.781. The van der Waals surface area contributed by atoms with Gasteiger partial charge >= 0.3 is 0 Å². The first-order chi connectivity index (χ1) is 9.63. The smallest absolute Gasteiger partial charge is 0.235 e. The highest BCUT2D eigenvalue weighted by Gasteiger charge is 2.17. The summed E-state index contributed by atoms with van der Waals surface area (Å²) < 4.78 is 3.55. The Morgan fingerprint density at radius 3 is 2.80 bits per heavy atom. The van der Waals surface area contributed by atoms with Gasteiger partial charge in [-0.2, -0.15) is 14.8 Å². The third kappa shape index (κ3) is 1.67. The molecule has 0 spiro atoms. The van der Waals surface area contributed by atoms with Crippen LogP contribution in [0.1, 0.15) is 19.4 Å². The molecule has 0 bridgehead atoms. The van der Waals surface area contributed by atoms with Gasteiger partial charge in [-0.1, -0.05) is 6.58 Å². The third-order valence-corrected chi connectivity index (χ3v) is 3.17. The fourth-order valence-corrected chi connectivity index (χ4v) is 2.25. The summed E-state index contributed by atoms with van der Waals surface area (Å²) in [6, 6.07) is 0. The number of nitrogens with two attached hydrogens (primary N) is 1. The number of pyridine rings is 1. The van der Waals surface area contributed by atoms with Gasteiger partial charge in [-0.25, -0.2) is 4.98 Å². The lowest BCUT2D eigenvalue weighted by Crippen LogP contribution is -2.10. The van der Waals surface area contributed by atoms with Crippen LogP contribution in [-0.4, -0.2) is 29.3 Å². The van der Waals surface area contributed by atoms with Crippen molar-refractivity contribution in [2.45, 2.75) is 20.4 Å². The Balaban J connectivity index is 2.38. The van der Waals surface area contributed by atoms with Crippen LogP contribution in [0.2, 0.25) is 0 Å². The van der Waals surface area contributed by atoms with E-state index >= 15 is 0 Å². The topological polar surface area (TPSA) is 87.4 Å². The second-order valence-corrected chi connectivity index (χ2v) is 4.52. The Morgan fingerprint density at radius 1 is 1.40 bits per heavy atom. The van der Waals surface area contributed by atoms with E-state index in [1.807, 2.05) is 18.4 Å². The van der Waals surface area contributed by atoms with Crippen LogP contribution in [0, 0.1) is 0 Å². The molecule has 0 radical (unpaired) electrons. The van der Waals surface area contributed by atoms with Crippen LogP contribution < -0.4 is 5.73 Å². The lowest BCUT2D eigenvalue weighted by Gasteiger charge is -2.08. The predicted molar refractivity (Wildman–Crippen MR) is 77.2 cm³/mol. The summed E-state index contributed by atoms with van der Waals surface area (Å²) in [5.74, 6) is 0.938. The van der Waals surface area contributed by atoms with Crippen LogP contribution in [0.5, 0.6) is 0 Å². The molecule has 0 aliphatic heterocycles. The van der Waals surface area contributed by atoms with Gasteiger partial charge in [0.1, 0.15) is 11.8 Å². The number of nitrogen functional groups attached to an aromatic ring is 1. The number of imidazole rings is 1. The van der Waals surface area contributed by atoms with E-state index in [0.29, 0.717) is 11.9 Å². The number of anilines is 1. The fraction of sp³-hybridized carbons (Fsp3) is 0.231. The normalized spacial score (nSPS) is 11.1. The maximum Gasteiger partial charge on any atom is 0.235 e. The standard InChI is InChI=1S/C13H15N7/c1-4-19-11-9(8(2)3)5-15-6-10(11)18-13(19)20-12(14)16-7-17-20/h5-7H,2,4H2,1,3H3,(H2,14,16,17). The number of hydrogen-bond acceptors (Lipinski definition) is 5. The van der Waals surface area contributed by atoms with Gasteiger partial charge in [0, 0.05) is 18.3 Å². The van der Waals surface area contributed by atoms with Gasteiger partial charge < -0.3 is 10.3 Å². The van der Waals surface area contributed by atoms with Gasteiger partial charge in [0.05, 0.1) is 11.7 Å². The lowest BCUT2D eigenvalue weighted by atomic mass is 10.1. The maximum absolute atomic E-state index is 5.82. The van der Waals surface area contributed by atoms with Crippen LogP contribution in [0.4, 0.5) is 5.95 Å². The van der Waals surface area contributed by atoms with Gasteiger partial charge in [-0.05, 0) is 19.4 Å². The van der Waals surface area contributed by atoms with Gasteiger partial charge in [-0.3, -0.25) is 4.98 Å². The van der Waals surface area contributed by atoms with Gasteiger partial charge in [0.25, 0.3) is 0 Å². The Hall–Kier alpha value is -2.70. The molecule has 0 aromatic carbocycles. The first-order valence-electron chi connectivity index (χ1n) is 6.29. The van der Waals surface area contributed by atoms with E-state index in [1.54, 1.807) is 12.4 Å². The monoisotopic (exact) mass is 269 g/mol. The van der Waals surface area contributed by atoms with Gasteiger partial charge in [0.2, 0.25) is 11.9 Å². The minimum absolute atomic E-state index is 0.305. The summed E-state index contributed by atoms with van der Waals surface area (Å²) in [6.07, 6.45) is 4.93. The predicted octanol–water partition coefficient (Wildman–Crippen LogP) is 1.65. The van der Waals surface area contributed by atoms with E-state index in [0.717, 1.165) is 28.7 Å². The summed E-state index contributed by atoms with van der Waals surface area (Å²) in [4.78, 5) is 12.7. The number of nitrogens with zero attached hydrogens (tertiary/aromatic N) is 6. The molecule has 0 atom stereocenters. The van der Waals surface area contributed by atoms with Crippen molar-refractivity contribution < 1.29 is 0 Å². The molecule has 0 aliphatic rings. The van der Waals surface area contributed by atoms with Crippen molar-refractivity contribution in [1.29, 1.82) is 0 Å². The van der Waals surface area contributed by atoms with Crippen LogP contribution in [0.25, 0.3) is 22.6 Å². The molecular weight excluding hydrogens is 254 g/mol. The molecule has 3 heterocycles. The molecular formula is C13H15N7. The average Bonchev–Trinajstić information content (AvgIpc) is 3.00. The molecule has 0 aliphatic carbocycles. The van der Waals surface area contributed by atoms with Crippen LogP contribution in [0.15, 0.2) is 25.3 Å². The number of allylic oxidation sites excluding steroid dienone is 1. The molecule has 0 fully saturated rings. The van der Waals surface area contributed by atoms with E-state index in [2.05, 4.69) is 26.6 Å². The van der Waals surface area contributed by atoms with Crippen LogP contribution >= 0.6 is 0 Å². The van der Waals surface area contributed by atoms with Crippen molar-refractivity contribution in [3.8, 4) is 5.95 Å². The molecule has 7 nitrogen and oxygen atoms in total. The first kappa shape index (κ1) is 12.3. The largest absolute Gasteiger partial charge is 0.368 e. The molecule has 0 unspecified atom stereocenters. The SMILES string of the molecule is C=C(C)c1cncc2nc(-n3ncnc3N)n(CC)c12. The fourth-order valence-electron chi connectivity index (χ4n) is 2.25. The molecule has 3 rings (SSSR count). The highest BCUT2D eigenvalue weighted by Crippen LogP contribution is 2.26. The number of rotatable bonds is 3. The summed E-state index contributed by atoms with van der Waals surface area (Å²) in [6.45, 7) is 8.72. The zero-order chi connectivity index (χ0) is 14.3. The number of aromatic nitrogens is 6.